The van der Waals surface area contributed by atoms with Crippen LogP contribution in [0.2, 0.25) is 0 Å². The third-order valence-corrected chi connectivity index (χ3v) is 4.24. The lowest BCUT2D eigenvalue weighted by Crippen LogP contribution is -2.10. The molecule has 1 N–H and O–H groups in total. The standard InChI is InChI=1S/C16H16BrF2N/c1-9-7-15(19)12(8-14(9)18)11(3)20-16-6-4-5-13(17)10(16)2/h4-8,11,20H,1-3H3. The Bertz CT molecular complexity index is 641. The van der Waals surface area contributed by atoms with E-state index in [0.29, 0.717) is 11.1 Å². The van der Waals surface area contributed by atoms with Crippen LogP contribution in [0.4, 0.5) is 14.5 Å². The molecule has 0 aromatic heterocycles. The van der Waals surface area contributed by atoms with Crippen molar-refractivity contribution in [1.82, 2.24) is 0 Å². The Balaban J connectivity index is 2.31. The first-order chi connectivity index (χ1) is 9.40. The van der Waals surface area contributed by atoms with E-state index in [1.807, 2.05) is 32.0 Å². The SMILES string of the molecule is Cc1cc(F)c(C(C)Nc2cccc(Br)c2C)cc1F. The molecule has 20 heavy (non-hydrogen) atoms. The second-order valence-electron chi connectivity index (χ2n) is 4.90. The van der Waals surface area contributed by atoms with Gasteiger partial charge in [-0.25, -0.2) is 8.78 Å². The Labute approximate surface area is 126 Å². The van der Waals surface area contributed by atoms with E-state index in [1.54, 1.807) is 6.92 Å². The van der Waals surface area contributed by atoms with Gasteiger partial charge in [0.05, 0.1) is 6.04 Å². The zero-order valence-electron chi connectivity index (χ0n) is 11.6. The summed E-state index contributed by atoms with van der Waals surface area (Å²) in [7, 11) is 0. The number of aryl methyl sites for hydroxylation is 1. The van der Waals surface area contributed by atoms with E-state index in [2.05, 4.69) is 21.2 Å². The van der Waals surface area contributed by atoms with Crippen molar-refractivity contribution in [2.75, 3.05) is 5.32 Å². The molecule has 0 heterocycles. The Hall–Kier alpha value is -1.42. The molecular weight excluding hydrogens is 324 g/mol. The van der Waals surface area contributed by atoms with Crippen LogP contribution in [0.25, 0.3) is 0 Å². The van der Waals surface area contributed by atoms with Gasteiger partial charge >= 0.3 is 0 Å². The largest absolute Gasteiger partial charge is 0.378 e. The molecule has 0 aliphatic carbocycles. The second-order valence-corrected chi connectivity index (χ2v) is 5.76. The Kier molecular flexibility index (Phi) is 4.43. The van der Waals surface area contributed by atoms with E-state index < -0.39 is 5.82 Å². The summed E-state index contributed by atoms with van der Waals surface area (Å²) in [5, 5.41) is 3.22. The maximum absolute atomic E-state index is 13.9. The summed E-state index contributed by atoms with van der Waals surface area (Å²) < 4.78 is 28.5. The number of anilines is 1. The number of halogens is 3. The van der Waals surface area contributed by atoms with Crippen molar-refractivity contribution < 1.29 is 8.78 Å². The normalized spacial score (nSPS) is 12.3. The zero-order valence-corrected chi connectivity index (χ0v) is 13.2. The van der Waals surface area contributed by atoms with Crippen LogP contribution in [0.3, 0.4) is 0 Å². The summed E-state index contributed by atoms with van der Waals surface area (Å²) in [5.41, 5.74) is 2.57. The highest BCUT2D eigenvalue weighted by molar-refractivity contribution is 9.10. The van der Waals surface area contributed by atoms with E-state index in [4.69, 9.17) is 0 Å². The fourth-order valence-electron chi connectivity index (χ4n) is 2.07. The highest BCUT2D eigenvalue weighted by atomic mass is 79.9. The van der Waals surface area contributed by atoms with E-state index >= 15 is 0 Å². The molecule has 0 spiro atoms. The van der Waals surface area contributed by atoms with Crippen LogP contribution in [0, 0.1) is 25.5 Å². The number of benzene rings is 2. The van der Waals surface area contributed by atoms with Gasteiger partial charge in [0.25, 0.3) is 0 Å². The molecular formula is C16H16BrF2N. The maximum atomic E-state index is 13.9. The minimum atomic E-state index is -0.392. The zero-order chi connectivity index (χ0) is 14.9. The first-order valence-electron chi connectivity index (χ1n) is 6.37. The molecule has 0 radical (unpaired) electrons. The van der Waals surface area contributed by atoms with Crippen LogP contribution in [0.5, 0.6) is 0 Å². The third-order valence-electron chi connectivity index (χ3n) is 3.38. The molecule has 1 atom stereocenters. The predicted molar refractivity (Wildman–Crippen MR) is 82.0 cm³/mol. The van der Waals surface area contributed by atoms with Gasteiger partial charge in [0.2, 0.25) is 0 Å². The van der Waals surface area contributed by atoms with Gasteiger partial charge in [0, 0.05) is 15.7 Å². The molecule has 0 aliphatic rings. The summed E-state index contributed by atoms with van der Waals surface area (Å²) in [6, 6.07) is 7.93. The summed E-state index contributed by atoms with van der Waals surface area (Å²) >= 11 is 3.45. The molecule has 0 saturated carbocycles. The summed E-state index contributed by atoms with van der Waals surface area (Å²) in [4.78, 5) is 0. The van der Waals surface area contributed by atoms with Gasteiger partial charge in [0.1, 0.15) is 11.6 Å². The third kappa shape index (κ3) is 3.01. The fourth-order valence-corrected chi connectivity index (χ4v) is 2.43. The molecule has 2 rings (SSSR count). The Morgan fingerprint density at radius 2 is 1.80 bits per heavy atom. The van der Waals surface area contributed by atoms with Crippen LogP contribution < -0.4 is 5.32 Å². The molecule has 0 bridgehead atoms. The quantitative estimate of drug-likeness (QED) is 0.776. The smallest absolute Gasteiger partial charge is 0.128 e. The molecule has 106 valence electrons. The number of hydrogen-bond donors (Lipinski definition) is 1. The first kappa shape index (κ1) is 15.0. The molecule has 4 heteroatoms. The highest BCUT2D eigenvalue weighted by Gasteiger charge is 2.14. The van der Waals surface area contributed by atoms with Crippen molar-refractivity contribution in [3.63, 3.8) is 0 Å². The summed E-state index contributed by atoms with van der Waals surface area (Å²) in [6.45, 7) is 5.33. The molecule has 0 fully saturated rings. The number of nitrogens with one attached hydrogen (secondary N) is 1. The molecule has 0 saturated heterocycles. The van der Waals surface area contributed by atoms with Crippen LogP contribution in [-0.4, -0.2) is 0 Å². The van der Waals surface area contributed by atoms with Gasteiger partial charge in [-0.1, -0.05) is 22.0 Å². The maximum Gasteiger partial charge on any atom is 0.128 e. The average Bonchev–Trinajstić information content (AvgIpc) is 2.39. The van der Waals surface area contributed by atoms with Crippen molar-refractivity contribution >= 4 is 21.6 Å². The summed E-state index contributed by atoms with van der Waals surface area (Å²) in [6.07, 6.45) is 0. The second kappa shape index (κ2) is 5.92. The topological polar surface area (TPSA) is 12.0 Å². The lowest BCUT2D eigenvalue weighted by Gasteiger charge is -2.19. The van der Waals surface area contributed by atoms with Gasteiger partial charge < -0.3 is 5.32 Å². The molecule has 1 unspecified atom stereocenters. The van der Waals surface area contributed by atoms with Crippen molar-refractivity contribution in [1.29, 1.82) is 0 Å². The Morgan fingerprint density at radius 3 is 2.50 bits per heavy atom. The van der Waals surface area contributed by atoms with Gasteiger partial charge in [-0.3, -0.25) is 0 Å². The van der Waals surface area contributed by atoms with Gasteiger partial charge in [-0.2, -0.15) is 0 Å². The van der Waals surface area contributed by atoms with Crippen LogP contribution in [0.15, 0.2) is 34.8 Å². The van der Waals surface area contributed by atoms with Gasteiger partial charge in [0.15, 0.2) is 0 Å². The summed E-state index contributed by atoms with van der Waals surface area (Å²) in [5.74, 6) is -0.780. The van der Waals surface area contributed by atoms with E-state index in [-0.39, 0.29) is 11.9 Å². The molecule has 1 nitrogen and oxygen atoms in total. The number of rotatable bonds is 3. The lowest BCUT2D eigenvalue weighted by atomic mass is 10.0. The predicted octanol–water partition coefficient (Wildman–Crippen LogP) is 5.52. The fraction of sp³-hybridized carbons (Fsp3) is 0.250. The lowest BCUT2D eigenvalue weighted by molar-refractivity contribution is 0.571. The molecule has 0 amide bonds. The molecule has 2 aromatic rings. The molecule has 2 aromatic carbocycles. The van der Waals surface area contributed by atoms with Crippen LogP contribution in [0.1, 0.15) is 29.7 Å². The van der Waals surface area contributed by atoms with Crippen molar-refractivity contribution in [3.8, 4) is 0 Å². The highest BCUT2D eigenvalue weighted by Crippen LogP contribution is 2.28. The molecule has 0 aliphatic heterocycles. The van der Waals surface area contributed by atoms with Crippen LogP contribution >= 0.6 is 15.9 Å². The average molecular weight is 340 g/mol. The Morgan fingerprint density at radius 1 is 1.10 bits per heavy atom. The van der Waals surface area contributed by atoms with Crippen molar-refractivity contribution in [3.05, 3.63) is 63.1 Å². The van der Waals surface area contributed by atoms with E-state index in [1.165, 1.54) is 12.1 Å². The monoisotopic (exact) mass is 339 g/mol. The van der Waals surface area contributed by atoms with Crippen molar-refractivity contribution in [2.24, 2.45) is 0 Å². The van der Waals surface area contributed by atoms with E-state index in [0.717, 1.165) is 15.7 Å². The van der Waals surface area contributed by atoms with E-state index in [9.17, 15) is 8.78 Å². The number of hydrogen-bond acceptors (Lipinski definition) is 1. The first-order valence-corrected chi connectivity index (χ1v) is 7.16. The minimum Gasteiger partial charge on any atom is -0.378 e. The van der Waals surface area contributed by atoms with Crippen molar-refractivity contribution in [2.45, 2.75) is 26.8 Å². The van der Waals surface area contributed by atoms with Crippen LogP contribution in [-0.2, 0) is 0 Å². The minimum absolute atomic E-state index is 0.317. The van der Waals surface area contributed by atoms with Gasteiger partial charge in [-0.15, -0.1) is 0 Å². The van der Waals surface area contributed by atoms with Gasteiger partial charge in [-0.05, 0) is 56.2 Å².